The molecule has 0 unspecified atom stereocenters. The van der Waals surface area contributed by atoms with Crippen molar-refractivity contribution >= 4 is 49.8 Å². The Hall–Kier alpha value is -1.84. The van der Waals surface area contributed by atoms with Gasteiger partial charge < -0.3 is 5.73 Å². The first-order valence-electron chi connectivity index (χ1n) is 6.33. The lowest BCUT2D eigenvalue weighted by Crippen LogP contribution is -2.02. The molecule has 0 fully saturated rings. The molecule has 0 aromatic heterocycles. The summed E-state index contributed by atoms with van der Waals surface area (Å²) < 4.78 is 1.01. The van der Waals surface area contributed by atoms with Gasteiger partial charge in [-0.1, -0.05) is 45.7 Å². The highest BCUT2D eigenvalue weighted by Gasteiger charge is 2.13. The summed E-state index contributed by atoms with van der Waals surface area (Å²) in [5.74, 6) is -0.107. The maximum Gasteiger partial charge on any atom is 0.194 e. The predicted molar refractivity (Wildman–Crippen MR) is 90.9 cm³/mol. The van der Waals surface area contributed by atoms with Crippen LogP contribution in [0.25, 0.3) is 10.8 Å². The number of hydrogen-bond donors (Lipinski definition) is 1. The minimum atomic E-state index is -0.107. The molecule has 0 atom stereocenters. The van der Waals surface area contributed by atoms with E-state index in [1.54, 1.807) is 18.2 Å². The highest BCUT2D eigenvalue weighted by molar-refractivity contribution is 9.10. The molecule has 2 N–H and O–H groups in total. The minimum Gasteiger partial charge on any atom is -0.399 e. The van der Waals surface area contributed by atoms with Crippen LogP contribution in [0.15, 0.2) is 59.1 Å². The molecule has 104 valence electrons. The Kier molecular flexibility index (Phi) is 3.70. The fourth-order valence-electron chi connectivity index (χ4n) is 2.23. The number of benzene rings is 3. The van der Waals surface area contributed by atoms with Crippen LogP contribution in [0, 0.1) is 0 Å². The first-order chi connectivity index (χ1) is 10.0. The van der Waals surface area contributed by atoms with Crippen LogP contribution in [-0.2, 0) is 0 Å². The van der Waals surface area contributed by atoms with Crippen LogP contribution in [0.5, 0.6) is 0 Å². The van der Waals surface area contributed by atoms with Gasteiger partial charge in [0.25, 0.3) is 0 Å². The number of carbonyl (C=O) groups excluding carboxylic acids is 1. The van der Waals surface area contributed by atoms with Gasteiger partial charge in [0.05, 0.1) is 5.02 Å². The van der Waals surface area contributed by atoms with Gasteiger partial charge in [0, 0.05) is 21.3 Å². The fraction of sp³-hybridized carbons (Fsp3) is 0. The standard InChI is InChI=1S/C17H11BrClNO/c18-13-4-3-10-7-12(2-1-11(10)8-13)17(21)15-6-5-14(20)9-16(15)19/h1-9H,20H2. The number of nitrogen functional groups attached to an aromatic ring is 1. The molecule has 0 radical (unpaired) electrons. The van der Waals surface area contributed by atoms with E-state index < -0.39 is 0 Å². The van der Waals surface area contributed by atoms with Crippen molar-refractivity contribution in [2.45, 2.75) is 0 Å². The van der Waals surface area contributed by atoms with E-state index in [-0.39, 0.29) is 5.78 Å². The summed E-state index contributed by atoms with van der Waals surface area (Å²) in [6.07, 6.45) is 0. The Labute approximate surface area is 135 Å². The Bertz CT molecular complexity index is 861. The Balaban J connectivity index is 2.07. The molecule has 3 aromatic rings. The third-order valence-electron chi connectivity index (χ3n) is 3.30. The number of carbonyl (C=O) groups is 1. The van der Waals surface area contributed by atoms with Crippen LogP contribution in [0.1, 0.15) is 15.9 Å². The zero-order valence-electron chi connectivity index (χ0n) is 10.9. The Morgan fingerprint density at radius 3 is 2.43 bits per heavy atom. The fourth-order valence-corrected chi connectivity index (χ4v) is 2.88. The molecule has 0 saturated heterocycles. The summed E-state index contributed by atoms with van der Waals surface area (Å²) in [4.78, 5) is 12.6. The van der Waals surface area contributed by atoms with E-state index in [4.69, 9.17) is 17.3 Å². The monoisotopic (exact) mass is 359 g/mol. The first kappa shape index (κ1) is 14.1. The van der Waals surface area contributed by atoms with Crippen molar-refractivity contribution in [2.75, 3.05) is 5.73 Å². The average molecular weight is 361 g/mol. The van der Waals surface area contributed by atoms with Gasteiger partial charge in [-0.3, -0.25) is 4.79 Å². The molecule has 2 nitrogen and oxygen atoms in total. The van der Waals surface area contributed by atoms with E-state index in [0.717, 1.165) is 15.2 Å². The topological polar surface area (TPSA) is 43.1 Å². The van der Waals surface area contributed by atoms with Gasteiger partial charge in [-0.15, -0.1) is 0 Å². The molecule has 0 aliphatic rings. The van der Waals surface area contributed by atoms with Gasteiger partial charge in [-0.2, -0.15) is 0 Å². The van der Waals surface area contributed by atoms with Crippen molar-refractivity contribution in [2.24, 2.45) is 0 Å². The molecule has 0 heterocycles. The third-order valence-corrected chi connectivity index (χ3v) is 4.11. The molecular weight excluding hydrogens is 350 g/mol. The molecule has 3 aromatic carbocycles. The highest BCUT2D eigenvalue weighted by atomic mass is 79.9. The van der Waals surface area contributed by atoms with E-state index in [1.807, 2.05) is 36.4 Å². The number of halogens is 2. The zero-order chi connectivity index (χ0) is 15.0. The second-order valence-electron chi connectivity index (χ2n) is 4.77. The van der Waals surface area contributed by atoms with Crippen LogP contribution in [0.3, 0.4) is 0 Å². The van der Waals surface area contributed by atoms with Crippen molar-refractivity contribution in [1.29, 1.82) is 0 Å². The summed E-state index contributed by atoms with van der Waals surface area (Å²) in [5, 5.41) is 2.45. The van der Waals surface area contributed by atoms with E-state index in [9.17, 15) is 4.79 Å². The number of anilines is 1. The van der Waals surface area contributed by atoms with Crippen molar-refractivity contribution in [1.82, 2.24) is 0 Å². The lowest BCUT2D eigenvalue weighted by molar-refractivity contribution is 0.103. The van der Waals surface area contributed by atoms with Crippen molar-refractivity contribution in [3.05, 3.63) is 75.2 Å². The Morgan fingerprint density at radius 2 is 1.67 bits per heavy atom. The van der Waals surface area contributed by atoms with E-state index in [0.29, 0.717) is 21.8 Å². The molecule has 0 aliphatic heterocycles. The number of nitrogens with two attached hydrogens (primary N) is 1. The number of hydrogen-bond acceptors (Lipinski definition) is 2. The number of fused-ring (bicyclic) bond motifs is 1. The third kappa shape index (κ3) is 2.80. The van der Waals surface area contributed by atoms with E-state index in [1.165, 1.54) is 0 Å². The molecule has 0 saturated carbocycles. The molecule has 4 heteroatoms. The van der Waals surface area contributed by atoms with Crippen molar-refractivity contribution < 1.29 is 4.79 Å². The largest absolute Gasteiger partial charge is 0.399 e. The molecule has 0 amide bonds. The first-order valence-corrected chi connectivity index (χ1v) is 7.51. The van der Waals surface area contributed by atoms with Gasteiger partial charge in [0.15, 0.2) is 5.78 Å². The second-order valence-corrected chi connectivity index (χ2v) is 6.10. The molecule has 3 rings (SSSR count). The van der Waals surface area contributed by atoms with E-state index in [2.05, 4.69) is 15.9 Å². The number of rotatable bonds is 2. The van der Waals surface area contributed by atoms with Crippen molar-refractivity contribution in [3.8, 4) is 0 Å². The van der Waals surface area contributed by atoms with Gasteiger partial charge in [0.1, 0.15) is 0 Å². The van der Waals surface area contributed by atoms with Crippen LogP contribution in [0.2, 0.25) is 5.02 Å². The van der Waals surface area contributed by atoms with Gasteiger partial charge >= 0.3 is 0 Å². The van der Waals surface area contributed by atoms with Crippen LogP contribution in [0.4, 0.5) is 5.69 Å². The quantitative estimate of drug-likeness (QED) is 0.512. The van der Waals surface area contributed by atoms with Gasteiger partial charge in [-0.05, 0) is 47.2 Å². The van der Waals surface area contributed by atoms with Crippen molar-refractivity contribution in [3.63, 3.8) is 0 Å². The number of ketones is 1. The van der Waals surface area contributed by atoms with Gasteiger partial charge in [-0.25, -0.2) is 0 Å². The second kappa shape index (κ2) is 5.51. The van der Waals surface area contributed by atoms with Crippen LogP contribution < -0.4 is 5.73 Å². The average Bonchev–Trinajstić information content (AvgIpc) is 2.46. The molecule has 21 heavy (non-hydrogen) atoms. The molecule has 0 spiro atoms. The lowest BCUT2D eigenvalue weighted by atomic mass is 10.00. The predicted octanol–water partition coefficient (Wildman–Crippen LogP) is 5.07. The van der Waals surface area contributed by atoms with Gasteiger partial charge in [0.2, 0.25) is 0 Å². The Morgan fingerprint density at radius 1 is 0.952 bits per heavy atom. The summed E-state index contributed by atoms with van der Waals surface area (Å²) >= 11 is 9.54. The smallest absolute Gasteiger partial charge is 0.194 e. The lowest BCUT2D eigenvalue weighted by Gasteiger charge is -2.06. The van der Waals surface area contributed by atoms with E-state index >= 15 is 0 Å². The molecule has 0 bridgehead atoms. The minimum absolute atomic E-state index is 0.107. The van der Waals surface area contributed by atoms with Crippen LogP contribution in [-0.4, -0.2) is 5.78 Å². The zero-order valence-corrected chi connectivity index (χ0v) is 13.3. The summed E-state index contributed by atoms with van der Waals surface area (Å²) in [7, 11) is 0. The SMILES string of the molecule is Nc1ccc(C(=O)c2ccc3cc(Br)ccc3c2)c(Cl)c1. The highest BCUT2D eigenvalue weighted by Crippen LogP contribution is 2.25. The summed E-state index contributed by atoms with van der Waals surface area (Å²) in [6, 6.07) is 16.5. The molecular formula is C17H11BrClNO. The summed E-state index contributed by atoms with van der Waals surface area (Å²) in [5.41, 5.74) is 7.26. The van der Waals surface area contributed by atoms with Crippen LogP contribution >= 0.6 is 27.5 Å². The normalized spacial score (nSPS) is 10.8. The molecule has 0 aliphatic carbocycles. The summed E-state index contributed by atoms with van der Waals surface area (Å²) in [6.45, 7) is 0. The maximum atomic E-state index is 12.6. The maximum absolute atomic E-state index is 12.6.